The summed E-state index contributed by atoms with van der Waals surface area (Å²) < 4.78 is 13.3. The molecular weight excluding hydrogens is 323 g/mol. The molecule has 3 aromatic carbocycles. The topological polar surface area (TPSA) is 15.6 Å². The second kappa shape index (κ2) is 7.36. The zero-order chi connectivity index (χ0) is 17.8. The fourth-order valence-corrected chi connectivity index (χ4v) is 3.16. The highest BCUT2D eigenvalue weighted by atomic mass is 19.1. The molecule has 0 saturated heterocycles. The van der Waals surface area contributed by atoms with Crippen molar-refractivity contribution in [2.24, 2.45) is 5.10 Å². The molecule has 3 aromatic rings. The first-order chi connectivity index (χ1) is 12.8. The number of nitrogens with zero attached hydrogens (tertiary/aromatic N) is 2. The van der Waals surface area contributed by atoms with Crippen LogP contribution in [0.25, 0.3) is 6.08 Å². The molecule has 0 N–H and O–H groups in total. The minimum Gasteiger partial charge on any atom is -0.257 e. The third-order valence-electron chi connectivity index (χ3n) is 4.48. The maximum Gasteiger partial charge on any atom is 0.123 e. The van der Waals surface area contributed by atoms with E-state index in [2.05, 4.69) is 36.4 Å². The quantitative estimate of drug-likeness (QED) is 0.581. The van der Waals surface area contributed by atoms with E-state index in [0.717, 1.165) is 23.4 Å². The SMILES string of the molecule is Fc1ccc(N2N=C(/C=C/c3ccccc3)C[C@@H]2c2ccccc2)cc1. The van der Waals surface area contributed by atoms with Crippen molar-refractivity contribution in [3.63, 3.8) is 0 Å². The highest BCUT2D eigenvalue weighted by Crippen LogP contribution is 2.35. The molecular formula is C23H19FN2. The second-order valence-electron chi connectivity index (χ2n) is 6.29. The number of benzene rings is 3. The van der Waals surface area contributed by atoms with Gasteiger partial charge < -0.3 is 0 Å². The van der Waals surface area contributed by atoms with Crippen LogP contribution in [-0.4, -0.2) is 5.71 Å². The lowest BCUT2D eigenvalue weighted by Crippen LogP contribution is -2.18. The van der Waals surface area contributed by atoms with Crippen LogP contribution in [0.2, 0.25) is 0 Å². The smallest absolute Gasteiger partial charge is 0.123 e. The summed E-state index contributed by atoms with van der Waals surface area (Å²) in [6.45, 7) is 0. The first-order valence-corrected chi connectivity index (χ1v) is 8.70. The molecule has 0 amide bonds. The van der Waals surface area contributed by atoms with Crippen molar-refractivity contribution in [1.82, 2.24) is 0 Å². The summed E-state index contributed by atoms with van der Waals surface area (Å²) >= 11 is 0. The number of allylic oxidation sites excluding steroid dienone is 1. The van der Waals surface area contributed by atoms with E-state index in [-0.39, 0.29) is 11.9 Å². The molecule has 0 radical (unpaired) electrons. The Kier molecular flexibility index (Phi) is 4.61. The summed E-state index contributed by atoms with van der Waals surface area (Å²) in [6.07, 6.45) is 4.95. The number of anilines is 1. The highest BCUT2D eigenvalue weighted by molar-refractivity contribution is 6.01. The summed E-state index contributed by atoms with van der Waals surface area (Å²) in [6, 6.07) is 27.1. The molecule has 128 valence electrons. The van der Waals surface area contributed by atoms with Gasteiger partial charge in [0.1, 0.15) is 5.82 Å². The van der Waals surface area contributed by atoms with Crippen LogP contribution in [0.5, 0.6) is 0 Å². The average molecular weight is 342 g/mol. The molecule has 0 aliphatic carbocycles. The Labute approximate surface area is 152 Å². The van der Waals surface area contributed by atoms with Gasteiger partial charge in [0, 0.05) is 6.42 Å². The molecule has 26 heavy (non-hydrogen) atoms. The van der Waals surface area contributed by atoms with E-state index in [9.17, 15) is 4.39 Å². The number of halogens is 1. The van der Waals surface area contributed by atoms with Gasteiger partial charge in [-0.25, -0.2) is 4.39 Å². The van der Waals surface area contributed by atoms with Crippen LogP contribution in [0.3, 0.4) is 0 Å². The third kappa shape index (κ3) is 3.57. The highest BCUT2D eigenvalue weighted by Gasteiger charge is 2.28. The van der Waals surface area contributed by atoms with Gasteiger partial charge in [0.25, 0.3) is 0 Å². The van der Waals surface area contributed by atoms with Crippen molar-refractivity contribution in [2.75, 3.05) is 5.01 Å². The molecule has 1 aliphatic heterocycles. The zero-order valence-corrected chi connectivity index (χ0v) is 14.3. The summed E-state index contributed by atoms with van der Waals surface area (Å²) in [5.41, 5.74) is 4.24. The van der Waals surface area contributed by atoms with Gasteiger partial charge in [-0.2, -0.15) is 5.10 Å². The van der Waals surface area contributed by atoms with Crippen LogP contribution in [0.15, 0.2) is 96.1 Å². The lowest BCUT2D eigenvalue weighted by atomic mass is 10.0. The molecule has 0 saturated carbocycles. The molecule has 0 aromatic heterocycles. The van der Waals surface area contributed by atoms with E-state index in [1.807, 2.05) is 41.4 Å². The van der Waals surface area contributed by atoms with Crippen LogP contribution < -0.4 is 5.01 Å². The van der Waals surface area contributed by atoms with Crippen LogP contribution >= 0.6 is 0 Å². The summed E-state index contributed by atoms with van der Waals surface area (Å²) in [5.74, 6) is -0.239. The molecule has 0 fully saturated rings. The Bertz CT molecular complexity index is 915. The molecule has 3 heteroatoms. The molecule has 2 nitrogen and oxygen atoms in total. The van der Waals surface area contributed by atoms with Crippen molar-refractivity contribution in [3.8, 4) is 0 Å². The molecule has 4 rings (SSSR count). The molecule has 0 unspecified atom stereocenters. The van der Waals surface area contributed by atoms with Crippen molar-refractivity contribution in [1.29, 1.82) is 0 Å². The van der Waals surface area contributed by atoms with Gasteiger partial charge >= 0.3 is 0 Å². The lowest BCUT2D eigenvalue weighted by molar-refractivity contribution is 0.626. The van der Waals surface area contributed by atoms with E-state index in [1.165, 1.54) is 17.7 Å². The maximum atomic E-state index is 13.3. The first-order valence-electron chi connectivity index (χ1n) is 8.70. The third-order valence-corrected chi connectivity index (χ3v) is 4.48. The van der Waals surface area contributed by atoms with Crippen LogP contribution in [0, 0.1) is 5.82 Å². The summed E-state index contributed by atoms with van der Waals surface area (Å²) in [4.78, 5) is 0. The van der Waals surface area contributed by atoms with E-state index in [4.69, 9.17) is 5.10 Å². The largest absolute Gasteiger partial charge is 0.257 e. The first kappa shape index (κ1) is 16.3. The van der Waals surface area contributed by atoms with Crippen LogP contribution in [0.4, 0.5) is 10.1 Å². The summed E-state index contributed by atoms with van der Waals surface area (Å²) in [5, 5.41) is 6.79. The van der Waals surface area contributed by atoms with Gasteiger partial charge in [0.05, 0.1) is 17.4 Å². The minimum absolute atomic E-state index is 0.108. The molecule has 0 bridgehead atoms. The fourth-order valence-electron chi connectivity index (χ4n) is 3.16. The van der Waals surface area contributed by atoms with E-state index in [0.29, 0.717) is 0 Å². The predicted molar refractivity (Wildman–Crippen MR) is 106 cm³/mol. The van der Waals surface area contributed by atoms with E-state index < -0.39 is 0 Å². The Morgan fingerprint density at radius 2 is 1.46 bits per heavy atom. The van der Waals surface area contributed by atoms with Crippen molar-refractivity contribution >= 4 is 17.5 Å². The Balaban J connectivity index is 1.65. The summed E-state index contributed by atoms with van der Waals surface area (Å²) in [7, 11) is 0. The van der Waals surface area contributed by atoms with E-state index >= 15 is 0 Å². The van der Waals surface area contributed by atoms with Crippen LogP contribution in [-0.2, 0) is 0 Å². The molecule has 0 spiro atoms. The Morgan fingerprint density at radius 1 is 0.808 bits per heavy atom. The molecule has 1 aliphatic rings. The minimum atomic E-state index is -0.239. The zero-order valence-electron chi connectivity index (χ0n) is 14.3. The van der Waals surface area contributed by atoms with E-state index in [1.54, 1.807) is 12.1 Å². The van der Waals surface area contributed by atoms with Gasteiger partial charge in [0.2, 0.25) is 0 Å². The van der Waals surface area contributed by atoms with Crippen LogP contribution in [0.1, 0.15) is 23.6 Å². The Hall–Kier alpha value is -3.20. The van der Waals surface area contributed by atoms with Gasteiger partial charge in [-0.05, 0) is 41.5 Å². The van der Waals surface area contributed by atoms with Gasteiger partial charge in [0.15, 0.2) is 0 Å². The van der Waals surface area contributed by atoms with Crippen molar-refractivity contribution in [2.45, 2.75) is 12.5 Å². The number of hydrogen-bond acceptors (Lipinski definition) is 2. The maximum absolute atomic E-state index is 13.3. The fraction of sp³-hybridized carbons (Fsp3) is 0.0870. The molecule has 1 atom stereocenters. The average Bonchev–Trinajstić information content (AvgIpc) is 3.13. The number of hydrazone groups is 1. The van der Waals surface area contributed by atoms with Gasteiger partial charge in [-0.1, -0.05) is 66.7 Å². The van der Waals surface area contributed by atoms with Gasteiger partial charge in [-0.3, -0.25) is 5.01 Å². The Morgan fingerprint density at radius 3 is 2.15 bits per heavy atom. The standard InChI is InChI=1S/C23H19FN2/c24-20-12-15-22(16-13-20)26-23(19-9-5-2-6-10-19)17-21(25-26)14-11-18-7-3-1-4-8-18/h1-16,23H,17H2/b14-11+/t23-/m1/s1. The van der Waals surface area contributed by atoms with Gasteiger partial charge in [-0.15, -0.1) is 0 Å². The normalized spacial score (nSPS) is 16.9. The monoisotopic (exact) mass is 342 g/mol. The molecule has 1 heterocycles. The number of rotatable bonds is 4. The number of hydrogen-bond donors (Lipinski definition) is 0. The second-order valence-corrected chi connectivity index (χ2v) is 6.29. The van der Waals surface area contributed by atoms with Crippen molar-refractivity contribution in [3.05, 3.63) is 108 Å². The predicted octanol–water partition coefficient (Wildman–Crippen LogP) is 5.85. The van der Waals surface area contributed by atoms with Crippen molar-refractivity contribution < 1.29 is 4.39 Å². The lowest BCUT2D eigenvalue weighted by Gasteiger charge is -2.24.